The Hall–Kier alpha value is -1.56. The van der Waals surface area contributed by atoms with Crippen LogP contribution < -0.4 is 10.6 Å². The van der Waals surface area contributed by atoms with Crippen LogP contribution in [0.2, 0.25) is 5.02 Å². The maximum atomic E-state index is 6.47. The van der Waals surface area contributed by atoms with Crippen LogP contribution in [0.5, 0.6) is 0 Å². The molecular weight excluding hydrogens is 419 g/mol. The average Bonchev–Trinajstić information content (AvgIpc) is 2.78. The predicted octanol–water partition coefficient (Wildman–Crippen LogP) is 6.01. The minimum Gasteiger partial charge on any atom is -0.384 e. The summed E-state index contributed by atoms with van der Waals surface area (Å²) < 4.78 is 5.39. The van der Waals surface area contributed by atoms with Crippen molar-refractivity contribution >= 4 is 40.8 Å². The van der Waals surface area contributed by atoms with Gasteiger partial charge in [-0.15, -0.1) is 0 Å². The Morgan fingerprint density at radius 2 is 2.00 bits per heavy atom. The van der Waals surface area contributed by atoms with Gasteiger partial charge in [0.1, 0.15) is 11.0 Å². The van der Waals surface area contributed by atoms with Crippen molar-refractivity contribution < 1.29 is 4.74 Å². The summed E-state index contributed by atoms with van der Waals surface area (Å²) in [6, 6.07) is 2.44. The molecular formula is C23H32Cl2N4O. The van der Waals surface area contributed by atoms with E-state index in [1.807, 2.05) is 13.0 Å². The molecule has 1 aliphatic carbocycles. The van der Waals surface area contributed by atoms with Crippen molar-refractivity contribution in [2.45, 2.75) is 57.9 Å². The molecule has 1 saturated heterocycles. The van der Waals surface area contributed by atoms with Gasteiger partial charge < -0.3 is 15.4 Å². The Morgan fingerprint density at radius 3 is 2.73 bits per heavy atom. The molecule has 0 unspecified atom stereocenters. The highest BCUT2D eigenvalue weighted by molar-refractivity contribution is 6.35. The minimum absolute atomic E-state index is 0.390. The van der Waals surface area contributed by atoms with Crippen LogP contribution >= 0.6 is 23.2 Å². The lowest BCUT2D eigenvalue weighted by Gasteiger charge is -2.23. The molecule has 0 aromatic carbocycles. The van der Waals surface area contributed by atoms with Crippen molar-refractivity contribution in [2.75, 3.05) is 25.1 Å². The summed E-state index contributed by atoms with van der Waals surface area (Å²) in [5, 5.41) is 7.81. The zero-order valence-electron chi connectivity index (χ0n) is 17.7. The van der Waals surface area contributed by atoms with Crippen molar-refractivity contribution in [3.05, 3.63) is 40.3 Å². The van der Waals surface area contributed by atoms with Gasteiger partial charge in [-0.3, -0.25) is 0 Å². The number of halogens is 2. The fraction of sp³-hybridized carbons (Fsp3) is 0.565. The van der Waals surface area contributed by atoms with Gasteiger partial charge in [-0.1, -0.05) is 49.0 Å². The molecule has 2 heterocycles. The average molecular weight is 451 g/mol. The van der Waals surface area contributed by atoms with Gasteiger partial charge in [-0.25, -0.2) is 9.98 Å². The van der Waals surface area contributed by atoms with Crippen molar-refractivity contribution in [1.29, 1.82) is 0 Å². The van der Waals surface area contributed by atoms with E-state index < -0.39 is 0 Å². The summed E-state index contributed by atoms with van der Waals surface area (Å²) in [6.45, 7) is 8.49. The number of ether oxygens (including phenoxy) is 1. The van der Waals surface area contributed by atoms with Gasteiger partial charge in [0.15, 0.2) is 0 Å². The van der Waals surface area contributed by atoms with Crippen molar-refractivity contribution in [1.82, 2.24) is 10.3 Å². The lowest BCUT2D eigenvalue weighted by Crippen LogP contribution is -2.27. The number of aromatic nitrogens is 1. The fourth-order valence-electron chi connectivity index (χ4n) is 3.88. The SMILES string of the molecule is C=C(/C=N\C(Cl)=C(/C)c1cc(NC2CCCCC2)ncc1Cl)NCC1CCOCC1. The van der Waals surface area contributed by atoms with Crippen LogP contribution in [0, 0.1) is 5.92 Å². The number of pyridine rings is 1. The number of aliphatic imine (C=N–C) groups is 1. The Morgan fingerprint density at radius 1 is 1.27 bits per heavy atom. The van der Waals surface area contributed by atoms with Gasteiger partial charge in [0.25, 0.3) is 0 Å². The zero-order chi connectivity index (χ0) is 21.3. The largest absolute Gasteiger partial charge is 0.384 e. The van der Waals surface area contributed by atoms with E-state index in [2.05, 4.69) is 27.2 Å². The summed E-state index contributed by atoms with van der Waals surface area (Å²) >= 11 is 12.9. The van der Waals surface area contributed by atoms with Crippen LogP contribution in [0.4, 0.5) is 5.82 Å². The highest BCUT2D eigenvalue weighted by Gasteiger charge is 2.16. The smallest absolute Gasteiger partial charge is 0.132 e. The zero-order valence-corrected chi connectivity index (χ0v) is 19.2. The molecule has 1 aliphatic heterocycles. The van der Waals surface area contributed by atoms with Gasteiger partial charge in [0.05, 0.1) is 11.2 Å². The van der Waals surface area contributed by atoms with Gasteiger partial charge in [0.2, 0.25) is 0 Å². The van der Waals surface area contributed by atoms with Crippen molar-refractivity contribution in [3.8, 4) is 0 Å². The molecule has 2 aliphatic rings. The van der Waals surface area contributed by atoms with E-state index in [0.29, 0.717) is 22.1 Å². The number of allylic oxidation sites excluding steroid dienone is 2. The molecule has 164 valence electrons. The molecule has 0 atom stereocenters. The summed E-state index contributed by atoms with van der Waals surface area (Å²) in [4.78, 5) is 8.82. The summed E-state index contributed by atoms with van der Waals surface area (Å²) in [5.41, 5.74) is 2.39. The van der Waals surface area contributed by atoms with E-state index >= 15 is 0 Å². The van der Waals surface area contributed by atoms with E-state index in [1.54, 1.807) is 12.4 Å². The lowest BCUT2D eigenvalue weighted by molar-refractivity contribution is 0.0671. The first kappa shape index (κ1) is 23.1. The van der Waals surface area contributed by atoms with Crippen LogP contribution in [0.25, 0.3) is 5.57 Å². The topological polar surface area (TPSA) is 58.5 Å². The molecule has 0 amide bonds. The van der Waals surface area contributed by atoms with Gasteiger partial charge in [-0.05, 0) is 50.2 Å². The fourth-order valence-corrected chi connectivity index (χ4v) is 4.27. The maximum absolute atomic E-state index is 6.47. The Bertz CT molecular complexity index is 781. The van der Waals surface area contributed by atoms with Crippen LogP contribution in [0.1, 0.15) is 57.4 Å². The van der Waals surface area contributed by atoms with Crippen LogP contribution in [0.15, 0.2) is 34.7 Å². The maximum Gasteiger partial charge on any atom is 0.132 e. The molecule has 7 heteroatoms. The molecule has 1 aromatic heterocycles. The Kier molecular flexibility index (Phi) is 9.04. The first-order chi connectivity index (χ1) is 14.5. The van der Waals surface area contributed by atoms with Gasteiger partial charge >= 0.3 is 0 Å². The number of nitrogens with zero attached hydrogens (tertiary/aromatic N) is 2. The lowest BCUT2D eigenvalue weighted by atomic mass is 9.95. The number of nitrogens with one attached hydrogen (secondary N) is 2. The molecule has 1 saturated carbocycles. The van der Waals surface area contributed by atoms with Crippen molar-refractivity contribution in [2.24, 2.45) is 10.9 Å². The second kappa shape index (κ2) is 11.7. The first-order valence-corrected chi connectivity index (χ1v) is 11.6. The third-order valence-corrected chi connectivity index (χ3v) is 6.50. The molecule has 1 aromatic rings. The Balaban J connectivity index is 1.60. The molecule has 0 spiro atoms. The Labute approximate surface area is 190 Å². The highest BCUT2D eigenvalue weighted by atomic mass is 35.5. The van der Waals surface area contributed by atoms with Crippen LogP contribution in [-0.4, -0.2) is 37.0 Å². The molecule has 0 radical (unpaired) electrons. The first-order valence-electron chi connectivity index (χ1n) is 10.9. The summed E-state index contributed by atoms with van der Waals surface area (Å²) in [6.07, 6.45) is 11.7. The monoisotopic (exact) mass is 450 g/mol. The molecule has 2 fully saturated rings. The molecule has 0 bridgehead atoms. The van der Waals surface area contributed by atoms with E-state index in [-0.39, 0.29) is 0 Å². The second-order valence-corrected chi connectivity index (χ2v) is 8.93. The van der Waals surface area contributed by atoms with E-state index in [0.717, 1.165) is 55.3 Å². The number of rotatable bonds is 8. The number of anilines is 1. The summed E-state index contributed by atoms with van der Waals surface area (Å²) in [7, 11) is 0. The number of hydrogen-bond acceptors (Lipinski definition) is 5. The van der Waals surface area contributed by atoms with Crippen LogP contribution in [-0.2, 0) is 4.74 Å². The van der Waals surface area contributed by atoms with Crippen molar-refractivity contribution in [3.63, 3.8) is 0 Å². The normalized spacial score (nSPS) is 19.6. The molecule has 5 nitrogen and oxygen atoms in total. The van der Waals surface area contributed by atoms with E-state index in [4.69, 9.17) is 27.9 Å². The number of hydrogen-bond donors (Lipinski definition) is 2. The predicted molar refractivity (Wildman–Crippen MR) is 127 cm³/mol. The highest BCUT2D eigenvalue weighted by Crippen LogP contribution is 2.30. The van der Waals surface area contributed by atoms with E-state index in [1.165, 1.54) is 32.1 Å². The van der Waals surface area contributed by atoms with E-state index in [9.17, 15) is 0 Å². The summed E-state index contributed by atoms with van der Waals surface area (Å²) in [5.74, 6) is 1.44. The third-order valence-electron chi connectivity index (χ3n) is 5.82. The standard InChI is InChI=1S/C23H32Cl2N4O/c1-16(26-14-18-8-10-30-11-9-18)13-28-23(25)17(2)20-12-22(27-15-21(20)24)29-19-6-4-3-5-7-19/h12-13,15,18-19,26H,1,3-11,14H2,2H3,(H,27,29)/b23-17+,28-13-. The third kappa shape index (κ3) is 7.00. The van der Waals surface area contributed by atoms with Crippen LogP contribution in [0.3, 0.4) is 0 Å². The molecule has 2 N–H and O–H groups in total. The van der Waals surface area contributed by atoms with Gasteiger partial charge in [-0.2, -0.15) is 0 Å². The minimum atomic E-state index is 0.390. The molecule has 30 heavy (non-hydrogen) atoms. The van der Waals surface area contributed by atoms with Gasteiger partial charge in [0, 0.05) is 43.3 Å². The quantitative estimate of drug-likeness (QED) is 0.376. The second-order valence-electron chi connectivity index (χ2n) is 8.16. The molecule has 3 rings (SSSR count).